The normalized spacial score (nSPS) is 25.7. The maximum atomic E-state index is 2.65. The highest BCUT2D eigenvalue weighted by Gasteiger charge is 2.62. The summed E-state index contributed by atoms with van der Waals surface area (Å²) < 4.78 is 0. The minimum atomic E-state index is -0.433. The minimum absolute atomic E-state index is 0.0946. The molecule has 7 aromatic rings. The number of rotatable bonds is 5. The van der Waals surface area contributed by atoms with Gasteiger partial charge in [0, 0.05) is 22.4 Å². The lowest BCUT2D eigenvalue weighted by atomic mass is 9.43. The molecule has 4 bridgehead atoms. The minimum Gasteiger partial charge on any atom is -0.310 e. The maximum absolute atomic E-state index is 2.65. The Kier molecular flexibility index (Phi) is 7.72. The second-order valence-corrected chi connectivity index (χ2v) is 21.5. The van der Waals surface area contributed by atoms with E-state index in [1.165, 1.54) is 118 Å². The first-order valence-corrected chi connectivity index (χ1v) is 23.7. The van der Waals surface area contributed by atoms with Crippen molar-refractivity contribution >= 4 is 17.1 Å². The monoisotopic (exact) mass is 803 g/mol. The number of hydrogen-bond acceptors (Lipinski definition) is 1. The Morgan fingerprint density at radius 2 is 0.919 bits per heavy atom. The quantitative estimate of drug-likeness (QED) is 0.168. The van der Waals surface area contributed by atoms with Crippen LogP contribution in [-0.4, -0.2) is 0 Å². The van der Waals surface area contributed by atoms with E-state index < -0.39 is 5.41 Å². The number of nitrogens with zero attached hydrogens (tertiary/aromatic N) is 1. The van der Waals surface area contributed by atoms with Crippen LogP contribution < -0.4 is 4.90 Å². The maximum Gasteiger partial charge on any atom is 0.0713 e. The molecule has 62 heavy (non-hydrogen) atoms. The molecule has 1 heteroatoms. The Balaban J connectivity index is 1.05. The van der Waals surface area contributed by atoms with Crippen LogP contribution in [0.5, 0.6) is 0 Å². The van der Waals surface area contributed by atoms with E-state index in [2.05, 4.69) is 196 Å². The van der Waals surface area contributed by atoms with Gasteiger partial charge < -0.3 is 4.90 Å². The first-order chi connectivity index (χ1) is 30.2. The summed E-state index contributed by atoms with van der Waals surface area (Å²) in [7, 11) is 0. The fraction of sp³-hybridized carbons (Fsp3) is 0.311. The van der Waals surface area contributed by atoms with Crippen LogP contribution in [0.2, 0.25) is 0 Å². The van der Waals surface area contributed by atoms with Crippen LogP contribution in [0.1, 0.15) is 117 Å². The molecule has 0 heterocycles. The van der Waals surface area contributed by atoms with Crippen LogP contribution in [0.4, 0.5) is 17.1 Å². The lowest BCUT2D eigenvalue weighted by Crippen LogP contribution is -2.55. The summed E-state index contributed by atoms with van der Waals surface area (Å²) in [5.74, 6) is 3.28. The Labute approximate surface area is 368 Å². The van der Waals surface area contributed by atoms with Crippen LogP contribution >= 0.6 is 0 Å². The molecule has 0 atom stereocenters. The molecule has 0 radical (unpaired) electrons. The van der Waals surface area contributed by atoms with E-state index in [9.17, 15) is 0 Å². The molecule has 0 N–H and O–H groups in total. The van der Waals surface area contributed by atoms with Crippen molar-refractivity contribution in [2.45, 2.75) is 94.3 Å². The van der Waals surface area contributed by atoms with E-state index in [0.717, 1.165) is 23.7 Å². The SMILES string of the molecule is CC1(C)CCC(C)(C)c2cc(N(c3ccc(C4(c5ccccc5)c5ccccc5-c5ccccc54)cc3)c3cccc4c3-c3ccccc3C43C4CC5CC(C4)CC3C5)ccc21. The molecule has 1 nitrogen and oxygen atoms in total. The van der Waals surface area contributed by atoms with Crippen molar-refractivity contribution in [3.63, 3.8) is 0 Å². The first-order valence-electron chi connectivity index (χ1n) is 23.7. The summed E-state index contributed by atoms with van der Waals surface area (Å²) >= 11 is 0. The molecule has 7 aliphatic rings. The molecule has 7 aliphatic carbocycles. The summed E-state index contributed by atoms with van der Waals surface area (Å²) in [6, 6.07) is 63.8. The van der Waals surface area contributed by atoms with Crippen molar-refractivity contribution in [1.29, 1.82) is 0 Å². The van der Waals surface area contributed by atoms with E-state index in [1.807, 2.05) is 0 Å². The Bertz CT molecular complexity index is 2850. The average Bonchev–Trinajstić information content (AvgIpc) is 3.77. The highest BCUT2D eigenvalue weighted by Crippen LogP contribution is 2.70. The van der Waals surface area contributed by atoms with Gasteiger partial charge in [-0.15, -0.1) is 0 Å². The largest absolute Gasteiger partial charge is 0.310 e. The summed E-state index contributed by atoms with van der Waals surface area (Å²) in [5, 5.41) is 0. The third-order valence-electron chi connectivity index (χ3n) is 17.6. The van der Waals surface area contributed by atoms with Gasteiger partial charge in [-0.1, -0.05) is 161 Å². The molecule has 1 spiro atoms. The summed E-state index contributed by atoms with van der Waals surface area (Å²) in [4.78, 5) is 2.65. The van der Waals surface area contributed by atoms with Crippen molar-refractivity contribution in [1.82, 2.24) is 0 Å². The summed E-state index contributed by atoms with van der Waals surface area (Å²) in [5.41, 5.74) is 20.8. The van der Waals surface area contributed by atoms with Crippen molar-refractivity contribution in [3.8, 4) is 22.3 Å². The third-order valence-corrected chi connectivity index (χ3v) is 17.6. The Morgan fingerprint density at radius 1 is 0.403 bits per heavy atom. The highest BCUT2D eigenvalue weighted by atomic mass is 15.1. The van der Waals surface area contributed by atoms with Crippen LogP contribution in [0, 0.1) is 23.7 Å². The molecule has 14 rings (SSSR count). The topological polar surface area (TPSA) is 3.24 Å². The predicted octanol–water partition coefficient (Wildman–Crippen LogP) is 15.6. The second-order valence-electron chi connectivity index (χ2n) is 21.5. The van der Waals surface area contributed by atoms with Crippen LogP contribution in [0.25, 0.3) is 22.3 Å². The zero-order valence-electron chi connectivity index (χ0n) is 36.8. The Morgan fingerprint density at radius 3 is 1.56 bits per heavy atom. The molecule has 0 amide bonds. The second kappa shape index (κ2) is 12.9. The van der Waals surface area contributed by atoms with Crippen molar-refractivity contribution in [2.75, 3.05) is 4.90 Å². The zero-order valence-corrected chi connectivity index (χ0v) is 36.8. The number of benzene rings is 7. The lowest BCUT2D eigenvalue weighted by molar-refractivity contribution is -0.0399. The van der Waals surface area contributed by atoms with Crippen LogP contribution in [0.15, 0.2) is 164 Å². The van der Waals surface area contributed by atoms with Crippen LogP contribution in [-0.2, 0) is 21.7 Å². The highest BCUT2D eigenvalue weighted by molar-refractivity contribution is 5.96. The van der Waals surface area contributed by atoms with Gasteiger partial charge in [0.1, 0.15) is 0 Å². The number of hydrogen-bond donors (Lipinski definition) is 0. The van der Waals surface area contributed by atoms with Gasteiger partial charge >= 0.3 is 0 Å². The van der Waals surface area contributed by atoms with Crippen molar-refractivity contribution in [3.05, 3.63) is 208 Å². The Hall–Kier alpha value is -5.66. The van der Waals surface area contributed by atoms with Gasteiger partial charge in [0.15, 0.2) is 0 Å². The van der Waals surface area contributed by atoms with Gasteiger partial charge in [-0.2, -0.15) is 0 Å². The fourth-order valence-corrected chi connectivity index (χ4v) is 15.1. The smallest absolute Gasteiger partial charge is 0.0713 e. The molecule has 0 saturated heterocycles. The molecular formula is C61H57N. The van der Waals surface area contributed by atoms with Crippen molar-refractivity contribution in [2.24, 2.45) is 23.7 Å². The zero-order chi connectivity index (χ0) is 41.6. The first kappa shape index (κ1) is 36.9. The number of fused-ring (bicyclic) bond motifs is 7. The molecule has 4 fully saturated rings. The van der Waals surface area contributed by atoms with Gasteiger partial charge in [0.25, 0.3) is 0 Å². The van der Waals surface area contributed by atoms with E-state index >= 15 is 0 Å². The molecule has 4 saturated carbocycles. The molecule has 0 unspecified atom stereocenters. The van der Waals surface area contributed by atoms with E-state index in [1.54, 1.807) is 11.1 Å². The standard InChI is InChI=1S/C61H57N/c1-58(2)31-32-59(3,4)55-38-46(29-30-53(55)58)62(56-24-14-23-54-57(56)49-19-10-13-22-52(49)61(54)43-34-39-33-40(36-43)37-44(61)35-39)45-27-25-42(26-28-45)60(41-15-6-5-7-16-41)50-20-11-8-17-47(50)48-18-9-12-21-51(48)60/h5-30,38-40,43-44H,31-37H2,1-4H3. The molecule has 7 aromatic carbocycles. The van der Waals surface area contributed by atoms with E-state index in [-0.39, 0.29) is 16.2 Å². The third kappa shape index (κ3) is 4.81. The molecule has 306 valence electrons. The predicted molar refractivity (Wildman–Crippen MR) is 257 cm³/mol. The van der Waals surface area contributed by atoms with E-state index in [4.69, 9.17) is 0 Å². The molecule has 0 aliphatic heterocycles. The van der Waals surface area contributed by atoms with Gasteiger partial charge in [0.05, 0.1) is 11.1 Å². The lowest BCUT2D eigenvalue weighted by Gasteiger charge is -2.61. The van der Waals surface area contributed by atoms with Gasteiger partial charge in [-0.3, -0.25) is 0 Å². The van der Waals surface area contributed by atoms with Crippen molar-refractivity contribution < 1.29 is 0 Å². The summed E-state index contributed by atoms with van der Waals surface area (Å²) in [6.45, 7) is 9.84. The van der Waals surface area contributed by atoms with Gasteiger partial charge in [-0.25, -0.2) is 0 Å². The van der Waals surface area contributed by atoms with Crippen LogP contribution in [0.3, 0.4) is 0 Å². The van der Waals surface area contributed by atoms with E-state index in [0.29, 0.717) is 0 Å². The van der Waals surface area contributed by atoms with Gasteiger partial charge in [-0.05, 0) is 171 Å². The average molecular weight is 804 g/mol. The summed E-state index contributed by atoms with van der Waals surface area (Å²) in [6.07, 6.45) is 9.43. The fourth-order valence-electron chi connectivity index (χ4n) is 15.1. The van der Waals surface area contributed by atoms with Gasteiger partial charge in [0.2, 0.25) is 0 Å². The number of anilines is 3. The molecular weight excluding hydrogens is 747 g/mol. The molecule has 0 aromatic heterocycles.